The number of aryl methyl sites for hydroxylation is 1. The van der Waals surface area contributed by atoms with E-state index < -0.39 is 11.8 Å². The molecule has 0 saturated carbocycles. The van der Waals surface area contributed by atoms with Crippen LogP contribution in [0.5, 0.6) is 0 Å². The summed E-state index contributed by atoms with van der Waals surface area (Å²) in [5, 5.41) is 4.63. The third kappa shape index (κ3) is 4.88. The molecule has 5 rings (SSSR count). The van der Waals surface area contributed by atoms with Crippen molar-refractivity contribution in [3.8, 4) is 22.4 Å². The summed E-state index contributed by atoms with van der Waals surface area (Å²) < 4.78 is 21.8. The van der Waals surface area contributed by atoms with Crippen molar-refractivity contribution < 1.29 is 18.7 Å². The Kier molecular flexibility index (Phi) is 7.18. The highest BCUT2D eigenvalue weighted by molar-refractivity contribution is 5.93. The van der Waals surface area contributed by atoms with Gasteiger partial charge in [0, 0.05) is 36.1 Å². The molecule has 1 saturated heterocycles. The van der Waals surface area contributed by atoms with Crippen LogP contribution in [-0.2, 0) is 11.2 Å². The summed E-state index contributed by atoms with van der Waals surface area (Å²) in [6.07, 6.45) is 6.37. The van der Waals surface area contributed by atoms with E-state index in [1.807, 2.05) is 11.8 Å². The Balaban J connectivity index is 1.49. The van der Waals surface area contributed by atoms with Gasteiger partial charge in [-0.25, -0.2) is 23.7 Å². The van der Waals surface area contributed by atoms with Crippen LogP contribution in [0, 0.1) is 5.82 Å². The van der Waals surface area contributed by atoms with Crippen molar-refractivity contribution in [1.29, 1.82) is 0 Å². The molecule has 4 heterocycles. The van der Waals surface area contributed by atoms with Gasteiger partial charge < -0.3 is 9.64 Å². The third-order valence-corrected chi connectivity index (χ3v) is 7.13. The first-order valence-electron chi connectivity index (χ1n) is 12.9. The molecule has 1 fully saturated rings. The minimum Gasteiger partial charge on any atom is -0.464 e. The molecular weight excluding hydrogens is 485 g/mol. The fraction of sp³-hybridized carbons (Fsp3) is 0.345. The van der Waals surface area contributed by atoms with Crippen LogP contribution in [-0.4, -0.2) is 56.1 Å². The number of esters is 1. The summed E-state index contributed by atoms with van der Waals surface area (Å²) in [6.45, 7) is 4.81. The largest absolute Gasteiger partial charge is 0.464 e. The molecule has 1 aliphatic rings. The van der Waals surface area contributed by atoms with Gasteiger partial charge in [0.2, 0.25) is 0 Å². The van der Waals surface area contributed by atoms with Gasteiger partial charge in [-0.15, -0.1) is 0 Å². The number of methoxy groups -OCH3 is 1. The number of aromatic nitrogens is 4. The molecule has 0 unspecified atom stereocenters. The van der Waals surface area contributed by atoms with E-state index in [9.17, 15) is 9.59 Å². The van der Waals surface area contributed by atoms with Crippen LogP contribution in [0.4, 0.5) is 4.39 Å². The molecule has 196 valence electrons. The molecule has 0 N–H and O–H groups in total. The van der Waals surface area contributed by atoms with Gasteiger partial charge in [0.15, 0.2) is 5.65 Å². The molecule has 0 bridgehead atoms. The summed E-state index contributed by atoms with van der Waals surface area (Å²) in [7, 11) is 1.28. The van der Waals surface area contributed by atoms with E-state index in [-0.39, 0.29) is 17.6 Å². The van der Waals surface area contributed by atoms with Gasteiger partial charge in [-0.3, -0.25) is 4.79 Å². The van der Waals surface area contributed by atoms with Gasteiger partial charge in [0.1, 0.15) is 17.2 Å². The standard InChI is InChI=1S/C29H30FN5O3/c1-4-21-16-25(28(36)34-13-7-5-6-8-18(34)2)32-27-17-24(33-35(21)27)22-10-9-19(14-23(22)30)20-11-12-31-26(15-20)29(37)38-3/h9-12,14-18H,4-8,13H2,1-3H3/t18-/m1/s1. The Morgan fingerprint density at radius 1 is 1.05 bits per heavy atom. The van der Waals surface area contributed by atoms with Crippen LogP contribution in [0.3, 0.4) is 0 Å². The normalized spacial score (nSPS) is 15.9. The Hall–Kier alpha value is -4.14. The van der Waals surface area contributed by atoms with Crippen molar-refractivity contribution in [2.24, 2.45) is 0 Å². The van der Waals surface area contributed by atoms with Crippen molar-refractivity contribution in [2.75, 3.05) is 13.7 Å². The Bertz CT molecular complexity index is 1520. The van der Waals surface area contributed by atoms with Gasteiger partial charge in [0.25, 0.3) is 5.91 Å². The highest BCUT2D eigenvalue weighted by Gasteiger charge is 2.25. The molecule has 9 heteroatoms. The lowest BCUT2D eigenvalue weighted by Crippen LogP contribution is -2.38. The summed E-state index contributed by atoms with van der Waals surface area (Å²) in [6, 6.07) is 11.8. The smallest absolute Gasteiger partial charge is 0.356 e. The quantitative estimate of drug-likeness (QED) is 0.333. The minimum atomic E-state index is -0.559. The maximum Gasteiger partial charge on any atom is 0.356 e. The number of nitrogens with zero attached hydrogens (tertiary/aromatic N) is 5. The van der Waals surface area contributed by atoms with E-state index in [1.54, 1.807) is 40.9 Å². The average molecular weight is 516 g/mol. The Morgan fingerprint density at radius 2 is 1.87 bits per heavy atom. The number of hydrogen-bond donors (Lipinski definition) is 0. The van der Waals surface area contributed by atoms with Gasteiger partial charge in [-0.2, -0.15) is 5.10 Å². The second-order valence-corrected chi connectivity index (χ2v) is 9.60. The van der Waals surface area contributed by atoms with Crippen LogP contribution in [0.2, 0.25) is 0 Å². The van der Waals surface area contributed by atoms with Crippen LogP contribution < -0.4 is 0 Å². The number of carbonyl (C=O) groups excluding carboxylic acids is 2. The number of fused-ring (bicyclic) bond motifs is 1. The van der Waals surface area contributed by atoms with Crippen molar-refractivity contribution in [3.05, 3.63) is 71.6 Å². The molecule has 0 spiro atoms. The highest BCUT2D eigenvalue weighted by Crippen LogP contribution is 2.29. The minimum absolute atomic E-state index is 0.0708. The maximum atomic E-state index is 15.4. The number of carbonyl (C=O) groups is 2. The summed E-state index contributed by atoms with van der Waals surface area (Å²) in [4.78, 5) is 35.8. The molecule has 1 aliphatic heterocycles. The van der Waals surface area contributed by atoms with E-state index in [2.05, 4.69) is 22.0 Å². The van der Waals surface area contributed by atoms with Crippen LogP contribution in [0.25, 0.3) is 28.0 Å². The van der Waals surface area contributed by atoms with E-state index in [0.717, 1.165) is 37.9 Å². The first-order chi connectivity index (χ1) is 18.4. The van der Waals surface area contributed by atoms with Crippen molar-refractivity contribution in [3.63, 3.8) is 0 Å². The zero-order valence-electron chi connectivity index (χ0n) is 21.8. The fourth-order valence-corrected chi connectivity index (χ4v) is 4.98. The molecule has 0 aliphatic carbocycles. The number of likely N-dealkylation sites (tertiary alicyclic amines) is 1. The summed E-state index contributed by atoms with van der Waals surface area (Å²) >= 11 is 0. The second kappa shape index (κ2) is 10.7. The number of amides is 1. The predicted octanol–water partition coefficient (Wildman–Crippen LogP) is 5.35. The van der Waals surface area contributed by atoms with E-state index in [4.69, 9.17) is 4.74 Å². The molecule has 1 aromatic carbocycles. The second-order valence-electron chi connectivity index (χ2n) is 9.60. The van der Waals surface area contributed by atoms with E-state index in [1.165, 1.54) is 19.4 Å². The number of hydrogen-bond acceptors (Lipinski definition) is 6. The first-order valence-corrected chi connectivity index (χ1v) is 12.9. The van der Waals surface area contributed by atoms with Crippen LogP contribution in [0.1, 0.15) is 66.2 Å². The molecule has 4 aromatic rings. The lowest BCUT2D eigenvalue weighted by Gasteiger charge is -2.27. The predicted molar refractivity (Wildman–Crippen MR) is 141 cm³/mol. The lowest BCUT2D eigenvalue weighted by molar-refractivity contribution is 0.0593. The number of benzene rings is 1. The van der Waals surface area contributed by atoms with Crippen molar-refractivity contribution in [2.45, 2.75) is 52.0 Å². The maximum absolute atomic E-state index is 15.4. The number of rotatable bonds is 5. The van der Waals surface area contributed by atoms with Crippen LogP contribution in [0.15, 0.2) is 48.7 Å². The number of pyridine rings is 1. The van der Waals surface area contributed by atoms with Gasteiger partial charge >= 0.3 is 5.97 Å². The molecule has 1 atom stereocenters. The Labute approximate surface area is 220 Å². The summed E-state index contributed by atoms with van der Waals surface area (Å²) in [5.74, 6) is -1.09. The van der Waals surface area contributed by atoms with Gasteiger partial charge in [0.05, 0.1) is 12.8 Å². The van der Waals surface area contributed by atoms with Crippen molar-refractivity contribution >= 4 is 17.5 Å². The number of ether oxygens (including phenoxy) is 1. The van der Waals surface area contributed by atoms with E-state index in [0.29, 0.717) is 40.1 Å². The van der Waals surface area contributed by atoms with Crippen LogP contribution >= 0.6 is 0 Å². The van der Waals surface area contributed by atoms with Gasteiger partial charge in [-0.1, -0.05) is 25.8 Å². The monoisotopic (exact) mass is 515 g/mol. The third-order valence-electron chi connectivity index (χ3n) is 7.13. The first kappa shape index (κ1) is 25.5. The summed E-state index contributed by atoms with van der Waals surface area (Å²) in [5.41, 5.74) is 3.85. The lowest BCUT2D eigenvalue weighted by atomic mass is 10.0. The fourth-order valence-electron chi connectivity index (χ4n) is 4.98. The highest BCUT2D eigenvalue weighted by atomic mass is 19.1. The topological polar surface area (TPSA) is 89.7 Å². The number of halogens is 1. The molecule has 0 radical (unpaired) electrons. The molecule has 1 amide bonds. The molecule has 8 nitrogen and oxygen atoms in total. The Morgan fingerprint density at radius 3 is 2.63 bits per heavy atom. The molecule has 38 heavy (non-hydrogen) atoms. The zero-order chi connectivity index (χ0) is 26.8. The molecule has 3 aromatic heterocycles. The van der Waals surface area contributed by atoms with Crippen molar-refractivity contribution in [1.82, 2.24) is 24.5 Å². The van der Waals surface area contributed by atoms with Gasteiger partial charge in [-0.05, 0) is 67.6 Å². The zero-order valence-corrected chi connectivity index (χ0v) is 21.8. The average Bonchev–Trinajstić information content (AvgIpc) is 3.25. The van der Waals surface area contributed by atoms with E-state index >= 15 is 4.39 Å². The SMILES string of the molecule is CCc1cc(C(=O)N2CCCCC[C@H]2C)nc2cc(-c3ccc(-c4ccnc(C(=O)OC)c4)cc3F)nn12. The molecular formula is C29H30FN5O3.